The molecule has 0 amide bonds. The van der Waals surface area contributed by atoms with Crippen LogP contribution in [0, 0.1) is 0 Å². The summed E-state index contributed by atoms with van der Waals surface area (Å²) in [5.41, 5.74) is 0.625. The molecule has 0 aliphatic rings. The molecule has 0 spiro atoms. The van der Waals surface area contributed by atoms with E-state index >= 15 is 0 Å². The molecule has 0 aromatic heterocycles. The highest BCUT2D eigenvalue weighted by Crippen LogP contribution is 1.79. The monoisotopic (exact) mass is 236 g/mol. The van der Waals surface area contributed by atoms with Crippen molar-refractivity contribution in [2.24, 2.45) is 10.3 Å². The molecule has 4 N–H and O–H groups in total. The van der Waals surface area contributed by atoms with Crippen LogP contribution in [-0.2, 0) is 9.59 Å². The standard InChI is InChI=1S/C4H8N2O2.2C2H4O2/c1-3(5-7)4(2)6-8;2*1-2(3)4/h7-8H,1-2H3;2*1H3,(H,3,4). The average Bonchev–Trinajstić information content (AvgIpc) is 2.13. The normalized spacial score (nSPS) is 10.2. The van der Waals surface area contributed by atoms with Gasteiger partial charge in [0.25, 0.3) is 11.9 Å². The largest absolute Gasteiger partial charge is 0.481 e. The van der Waals surface area contributed by atoms with Gasteiger partial charge in [-0.25, -0.2) is 0 Å². The van der Waals surface area contributed by atoms with Crippen LogP contribution in [0.15, 0.2) is 10.3 Å². The third-order valence-electron chi connectivity index (χ3n) is 0.824. The molecule has 0 aromatic rings. The second kappa shape index (κ2) is 12.9. The first kappa shape index (κ1) is 19.5. The van der Waals surface area contributed by atoms with Crippen LogP contribution in [-0.4, -0.2) is 44.0 Å². The fourth-order valence-electron chi connectivity index (χ4n) is 0.145. The van der Waals surface area contributed by atoms with E-state index in [1.807, 2.05) is 0 Å². The van der Waals surface area contributed by atoms with Gasteiger partial charge < -0.3 is 20.6 Å². The number of carboxylic acids is 2. The van der Waals surface area contributed by atoms with Crippen molar-refractivity contribution >= 4 is 23.4 Å². The molecular weight excluding hydrogens is 220 g/mol. The predicted octanol–water partition coefficient (Wildman–Crippen LogP) is 0.868. The van der Waals surface area contributed by atoms with E-state index in [-0.39, 0.29) is 0 Å². The molecule has 0 saturated carbocycles. The third-order valence-corrected chi connectivity index (χ3v) is 0.824. The van der Waals surface area contributed by atoms with Gasteiger partial charge in [0.05, 0.1) is 0 Å². The van der Waals surface area contributed by atoms with Crippen LogP contribution in [0.25, 0.3) is 0 Å². The summed E-state index contributed by atoms with van der Waals surface area (Å²) in [6, 6.07) is 0. The number of carbonyl (C=O) groups is 2. The van der Waals surface area contributed by atoms with Crippen LogP contribution in [0.4, 0.5) is 0 Å². The first-order chi connectivity index (χ1) is 7.18. The highest BCUT2D eigenvalue weighted by molar-refractivity contribution is 6.40. The van der Waals surface area contributed by atoms with E-state index in [2.05, 4.69) is 10.3 Å². The molecule has 16 heavy (non-hydrogen) atoms. The van der Waals surface area contributed by atoms with Crippen molar-refractivity contribution in [3.63, 3.8) is 0 Å². The van der Waals surface area contributed by atoms with E-state index < -0.39 is 11.9 Å². The minimum absolute atomic E-state index is 0.313. The zero-order valence-electron chi connectivity index (χ0n) is 9.50. The summed E-state index contributed by atoms with van der Waals surface area (Å²) in [7, 11) is 0. The summed E-state index contributed by atoms with van der Waals surface area (Å²) < 4.78 is 0. The van der Waals surface area contributed by atoms with Crippen molar-refractivity contribution in [2.45, 2.75) is 27.7 Å². The molecule has 0 atom stereocenters. The van der Waals surface area contributed by atoms with Gasteiger partial charge in [-0.05, 0) is 13.8 Å². The number of aliphatic carboxylic acids is 2. The van der Waals surface area contributed by atoms with Gasteiger partial charge in [-0.2, -0.15) is 0 Å². The van der Waals surface area contributed by atoms with Crippen LogP contribution < -0.4 is 0 Å². The molecule has 0 aliphatic heterocycles. The second-order valence-electron chi connectivity index (χ2n) is 2.41. The third kappa shape index (κ3) is 40.7. The Labute approximate surface area is 92.5 Å². The van der Waals surface area contributed by atoms with Crippen molar-refractivity contribution in [3.05, 3.63) is 0 Å². The van der Waals surface area contributed by atoms with Crippen molar-refractivity contribution in [1.29, 1.82) is 0 Å². The molecule has 94 valence electrons. The molecule has 0 aromatic carbocycles. The van der Waals surface area contributed by atoms with E-state index in [9.17, 15) is 0 Å². The highest BCUT2D eigenvalue weighted by Gasteiger charge is 1.93. The Hall–Kier alpha value is -2.12. The van der Waals surface area contributed by atoms with Crippen LogP contribution in [0.5, 0.6) is 0 Å². The molecule has 8 nitrogen and oxygen atoms in total. The van der Waals surface area contributed by atoms with Gasteiger partial charge in [0.15, 0.2) is 0 Å². The van der Waals surface area contributed by atoms with Crippen LogP contribution >= 0.6 is 0 Å². The highest BCUT2D eigenvalue weighted by atomic mass is 16.4. The minimum Gasteiger partial charge on any atom is -0.481 e. The van der Waals surface area contributed by atoms with E-state index in [1.165, 1.54) is 13.8 Å². The Balaban J connectivity index is -0.000000179. The Morgan fingerprint density at radius 1 is 0.750 bits per heavy atom. The van der Waals surface area contributed by atoms with Crippen molar-refractivity contribution in [3.8, 4) is 0 Å². The van der Waals surface area contributed by atoms with Crippen molar-refractivity contribution in [2.75, 3.05) is 0 Å². The molecule has 0 unspecified atom stereocenters. The number of hydrogen-bond acceptors (Lipinski definition) is 6. The van der Waals surface area contributed by atoms with Crippen LogP contribution in [0.2, 0.25) is 0 Å². The van der Waals surface area contributed by atoms with Gasteiger partial charge in [0, 0.05) is 13.8 Å². The Kier molecular flexibility index (Phi) is 15.7. The van der Waals surface area contributed by atoms with Crippen molar-refractivity contribution < 1.29 is 30.2 Å². The summed E-state index contributed by atoms with van der Waals surface area (Å²) in [4.78, 5) is 18.0. The lowest BCUT2D eigenvalue weighted by molar-refractivity contribution is -0.135. The zero-order valence-corrected chi connectivity index (χ0v) is 9.50. The van der Waals surface area contributed by atoms with Gasteiger partial charge >= 0.3 is 0 Å². The molecule has 0 aliphatic carbocycles. The SMILES string of the molecule is CC(=NO)C(C)=NO.CC(=O)O.CC(=O)O. The summed E-state index contributed by atoms with van der Waals surface area (Å²) in [6.45, 7) is 5.24. The fourth-order valence-corrected chi connectivity index (χ4v) is 0.145. The maximum atomic E-state index is 9.00. The quantitative estimate of drug-likeness (QED) is 0.302. The molecule has 0 rings (SSSR count). The van der Waals surface area contributed by atoms with Gasteiger partial charge in [-0.3, -0.25) is 9.59 Å². The number of rotatable bonds is 1. The number of carboxylic acid groups (broad SMARTS) is 2. The number of hydrogen-bond donors (Lipinski definition) is 4. The van der Waals surface area contributed by atoms with E-state index in [0.717, 1.165) is 13.8 Å². The number of oxime groups is 2. The topological polar surface area (TPSA) is 140 Å². The molecule has 8 heteroatoms. The first-order valence-electron chi connectivity index (χ1n) is 3.95. The van der Waals surface area contributed by atoms with Gasteiger partial charge in [0.1, 0.15) is 11.4 Å². The summed E-state index contributed by atoms with van der Waals surface area (Å²) in [5, 5.41) is 36.5. The summed E-state index contributed by atoms with van der Waals surface area (Å²) in [6.07, 6.45) is 0. The lowest BCUT2D eigenvalue weighted by atomic mass is 10.3. The maximum absolute atomic E-state index is 9.00. The number of nitrogens with zero attached hydrogens (tertiary/aromatic N) is 2. The van der Waals surface area contributed by atoms with Gasteiger partial charge in [-0.1, -0.05) is 10.3 Å². The van der Waals surface area contributed by atoms with Crippen LogP contribution in [0.3, 0.4) is 0 Å². The van der Waals surface area contributed by atoms with Crippen molar-refractivity contribution in [1.82, 2.24) is 0 Å². The molecule has 0 saturated heterocycles. The Morgan fingerprint density at radius 3 is 0.938 bits per heavy atom. The average molecular weight is 236 g/mol. The van der Waals surface area contributed by atoms with E-state index in [0.29, 0.717) is 11.4 Å². The van der Waals surface area contributed by atoms with E-state index in [1.54, 1.807) is 0 Å². The van der Waals surface area contributed by atoms with E-state index in [4.69, 9.17) is 30.2 Å². The summed E-state index contributed by atoms with van der Waals surface area (Å²) in [5.74, 6) is -1.67. The fraction of sp³-hybridized carbons (Fsp3) is 0.500. The molecule has 0 bridgehead atoms. The first-order valence-corrected chi connectivity index (χ1v) is 3.95. The molecule has 0 heterocycles. The maximum Gasteiger partial charge on any atom is 0.300 e. The predicted molar refractivity (Wildman–Crippen MR) is 56.4 cm³/mol. The lowest BCUT2D eigenvalue weighted by Crippen LogP contribution is -2.04. The molecule has 0 fully saturated rings. The zero-order chi connectivity index (χ0) is 13.7. The van der Waals surface area contributed by atoms with Gasteiger partial charge in [-0.15, -0.1) is 0 Å². The Bertz CT molecular complexity index is 236. The molecule has 0 radical (unpaired) electrons. The summed E-state index contributed by atoms with van der Waals surface area (Å²) >= 11 is 0. The molecular formula is C8H16N2O6. The second-order valence-corrected chi connectivity index (χ2v) is 2.41. The van der Waals surface area contributed by atoms with Gasteiger partial charge in [0.2, 0.25) is 0 Å². The minimum atomic E-state index is -0.833. The smallest absolute Gasteiger partial charge is 0.300 e. The Morgan fingerprint density at radius 2 is 0.875 bits per heavy atom. The lowest BCUT2D eigenvalue weighted by Gasteiger charge is -1.88. The van der Waals surface area contributed by atoms with Crippen LogP contribution in [0.1, 0.15) is 27.7 Å².